The number of primary amides is 1. The number of nitrogens with one attached hydrogen (secondary N) is 1. The van der Waals surface area contributed by atoms with Crippen LogP contribution >= 0.6 is 0 Å². The van der Waals surface area contributed by atoms with E-state index in [-0.39, 0.29) is 23.3 Å². The van der Waals surface area contributed by atoms with Crippen molar-refractivity contribution in [3.8, 4) is 5.75 Å². The lowest BCUT2D eigenvalue weighted by Crippen LogP contribution is -2.45. The van der Waals surface area contributed by atoms with Crippen LogP contribution in [0.4, 0.5) is 13.2 Å². The Hall–Kier alpha value is -3.36. The quantitative estimate of drug-likeness (QED) is 0.581. The lowest BCUT2D eigenvalue weighted by molar-refractivity contribution is -0.137. The molecule has 0 spiro atoms. The van der Waals surface area contributed by atoms with Crippen LogP contribution in [0.1, 0.15) is 28.4 Å². The maximum Gasteiger partial charge on any atom is 0.416 e. The highest BCUT2D eigenvalue weighted by Crippen LogP contribution is 2.29. The molecule has 2 amide bonds. The molecular weight excluding hydrogens is 377 g/mol. The number of ether oxygens (including phenoxy) is 1. The normalized spacial score (nSPS) is 12.1. The van der Waals surface area contributed by atoms with Gasteiger partial charge in [-0.05, 0) is 29.8 Å². The van der Waals surface area contributed by atoms with Gasteiger partial charge < -0.3 is 15.8 Å². The average molecular weight is 394 g/mol. The molecule has 3 N–H and O–H groups in total. The molecule has 0 saturated carbocycles. The van der Waals surface area contributed by atoms with Gasteiger partial charge in [-0.15, -0.1) is 0 Å². The van der Waals surface area contributed by atoms with Crippen molar-refractivity contribution in [1.82, 2.24) is 5.32 Å². The molecule has 0 radical (unpaired) electrons. The topological polar surface area (TPSA) is 98.5 Å². The first kappa shape index (κ1) is 20.9. The molecular formula is C19H17F3N2O4. The van der Waals surface area contributed by atoms with Crippen LogP contribution in [0.25, 0.3) is 0 Å². The molecule has 0 aliphatic rings. The van der Waals surface area contributed by atoms with Gasteiger partial charge in [-0.25, -0.2) is 0 Å². The first-order valence-electron chi connectivity index (χ1n) is 8.11. The zero-order chi connectivity index (χ0) is 20.9. The van der Waals surface area contributed by atoms with E-state index in [9.17, 15) is 27.6 Å². The van der Waals surface area contributed by atoms with Gasteiger partial charge >= 0.3 is 12.1 Å². The van der Waals surface area contributed by atoms with Crippen LogP contribution in [-0.4, -0.2) is 23.8 Å². The van der Waals surface area contributed by atoms with Gasteiger partial charge in [0.2, 0.25) is 5.91 Å². The van der Waals surface area contributed by atoms with Crippen LogP contribution < -0.4 is 15.8 Å². The highest BCUT2D eigenvalue weighted by Gasteiger charge is 2.30. The molecule has 28 heavy (non-hydrogen) atoms. The number of hydrogen-bond donors (Lipinski definition) is 2. The fourth-order valence-electron chi connectivity index (χ4n) is 2.44. The van der Waals surface area contributed by atoms with E-state index in [2.05, 4.69) is 5.32 Å². The summed E-state index contributed by atoms with van der Waals surface area (Å²) in [6, 6.07) is 8.83. The average Bonchev–Trinajstić information content (AvgIpc) is 2.60. The van der Waals surface area contributed by atoms with Crippen LogP contribution in [-0.2, 0) is 22.2 Å². The largest absolute Gasteiger partial charge is 0.427 e. The number of rotatable bonds is 6. The van der Waals surface area contributed by atoms with E-state index in [4.69, 9.17) is 10.5 Å². The van der Waals surface area contributed by atoms with Crippen LogP contribution in [0.3, 0.4) is 0 Å². The molecule has 0 fully saturated rings. The molecule has 1 atom stereocenters. The van der Waals surface area contributed by atoms with Gasteiger partial charge in [0.15, 0.2) is 0 Å². The van der Waals surface area contributed by atoms with Crippen molar-refractivity contribution in [2.24, 2.45) is 5.73 Å². The summed E-state index contributed by atoms with van der Waals surface area (Å²) in [5.41, 5.74) is 4.70. The first-order chi connectivity index (χ1) is 13.1. The summed E-state index contributed by atoms with van der Waals surface area (Å²) in [5, 5.41) is 2.38. The van der Waals surface area contributed by atoms with Crippen LogP contribution in [0.5, 0.6) is 5.75 Å². The van der Waals surface area contributed by atoms with E-state index in [0.29, 0.717) is 0 Å². The summed E-state index contributed by atoms with van der Waals surface area (Å²) in [6.07, 6.45) is -4.74. The van der Waals surface area contributed by atoms with Crippen molar-refractivity contribution < 1.29 is 32.3 Å². The highest BCUT2D eigenvalue weighted by atomic mass is 19.4. The minimum absolute atomic E-state index is 0.0917. The SMILES string of the molecule is CC(=O)Oc1cccc(C(=O)N[C@H](Cc2cccc(C(F)(F)F)c2)C(N)=O)c1. The number of carbonyl (C=O) groups is 3. The summed E-state index contributed by atoms with van der Waals surface area (Å²) in [5.74, 6) is -2.03. The van der Waals surface area contributed by atoms with Crippen molar-refractivity contribution in [2.45, 2.75) is 25.6 Å². The molecule has 0 saturated heterocycles. The van der Waals surface area contributed by atoms with Crippen molar-refractivity contribution in [3.63, 3.8) is 0 Å². The van der Waals surface area contributed by atoms with E-state index in [1.165, 1.54) is 43.3 Å². The Labute approximate surface area is 158 Å². The van der Waals surface area contributed by atoms with Gasteiger partial charge in [-0.2, -0.15) is 13.2 Å². The zero-order valence-electron chi connectivity index (χ0n) is 14.7. The summed E-state index contributed by atoms with van der Waals surface area (Å²) in [4.78, 5) is 35.1. The Morgan fingerprint density at radius 1 is 1.11 bits per heavy atom. The molecule has 0 aromatic heterocycles. The van der Waals surface area contributed by atoms with Gasteiger partial charge in [0.25, 0.3) is 5.91 Å². The first-order valence-corrected chi connectivity index (χ1v) is 8.11. The molecule has 0 aliphatic carbocycles. The van der Waals surface area contributed by atoms with E-state index < -0.39 is 35.6 Å². The molecule has 0 aliphatic heterocycles. The number of esters is 1. The second kappa shape index (κ2) is 8.55. The minimum Gasteiger partial charge on any atom is -0.427 e. The van der Waals surface area contributed by atoms with Gasteiger partial charge in [0.1, 0.15) is 11.8 Å². The van der Waals surface area contributed by atoms with E-state index in [1.807, 2.05) is 0 Å². The molecule has 2 aromatic carbocycles. The smallest absolute Gasteiger partial charge is 0.416 e. The van der Waals surface area contributed by atoms with Gasteiger partial charge in [0, 0.05) is 18.9 Å². The second-order valence-electron chi connectivity index (χ2n) is 5.95. The summed E-state index contributed by atoms with van der Waals surface area (Å²) < 4.78 is 43.4. The van der Waals surface area contributed by atoms with Crippen LogP contribution in [0.2, 0.25) is 0 Å². The van der Waals surface area contributed by atoms with E-state index >= 15 is 0 Å². The van der Waals surface area contributed by atoms with Gasteiger partial charge in [-0.1, -0.05) is 24.3 Å². The molecule has 148 valence electrons. The molecule has 2 aromatic rings. The van der Waals surface area contributed by atoms with E-state index in [0.717, 1.165) is 12.1 Å². The fourth-order valence-corrected chi connectivity index (χ4v) is 2.44. The number of amides is 2. The van der Waals surface area contributed by atoms with Crippen molar-refractivity contribution >= 4 is 17.8 Å². The molecule has 0 heterocycles. The summed E-state index contributed by atoms with van der Waals surface area (Å²) in [7, 11) is 0. The number of alkyl halides is 3. The third-order valence-corrected chi connectivity index (χ3v) is 3.70. The van der Waals surface area contributed by atoms with Crippen LogP contribution in [0.15, 0.2) is 48.5 Å². The number of halogens is 3. The molecule has 6 nitrogen and oxygen atoms in total. The monoisotopic (exact) mass is 394 g/mol. The Morgan fingerprint density at radius 3 is 2.39 bits per heavy atom. The Bertz CT molecular complexity index is 897. The molecule has 0 unspecified atom stereocenters. The van der Waals surface area contributed by atoms with Gasteiger partial charge in [-0.3, -0.25) is 14.4 Å². The Balaban J connectivity index is 2.16. The van der Waals surface area contributed by atoms with Crippen molar-refractivity contribution in [2.75, 3.05) is 0 Å². The molecule has 0 bridgehead atoms. The summed E-state index contributed by atoms with van der Waals surface area (Å²) in [6.45, 7) is 1.20. The van der Waals surface area contributed by atoms with Gasteiger partial charge in [0.05, 0.1) is 5.56 Å². The zero-order valence-corrected chi connectivity index (χ0v) is 14.7. The second-order valence-corrected chi connectivity index (χ2v) is 5.95. The summed E-state index contributed by atoms with van der Waals surface area (Å²) >= 11 is 0. The Kier molecular flexibility index (Phi) is 6.40. The molecule has 2 rings (SSSR count). The number of nitrogens with two attached hydrogens (primary N) is 1. The van der Waals surface area contributed by atoms with Crippen molar-refractivity contribution in [1.29, 1.82) is 0 Å². The lowest BCUT2D eigenvalue weighted by Gasteiger charge is -2.17. The minimum atomic E-state index is -4.53. The number of carbonyl (C=O) groups excluding carboxylic acids is 3. The van der Waals surface area contributed by atoms with Crippen LogP contribution in [0, 0.1) is 0 Å². The Morgan fingerprint density at radius 2 is 1.79 bits per heavy atom. The molecule has 9 heteroatoms. The number of benzene rings is 2. The van der Waals surface area contributed by atoms with E-state index in [1.54, 1.807) is 0 Å². The third kappa shape index (κ3) is 5.83. The standard InChI is InChI=1S/C19H17F3N2O4/c1-11(25)28-15-7-3-5-13(10-15)18(27)24-16(17(23)26)9-12-4-2-6-14(8-12)19(20,21)22/h2-8,10,16H,9H2,1H3,(H2,23,26)(H,24,27)/t16-/m1/s1. The maximum atomic E-state index is 12.8. The predicted octanol–water partition coefficient (Wildman–Crippen LogP) is 2.46. The van der Waals surface area contributed by atoms with Crippen molar-refractivity contribution in [3.05, 3.63) is 65.2 Å². The fraction of sp³-hybridized carbons (Fsp3) is 0.211. The number of hydrogen-bond acceptors (Lipinski definition) is 4. The lowest BCUT2D eigenvalue weighted by atomic mass is 10.0. The highest BCUT2D eigenvalue weighted by molar-refractivity contribution is 5.97. The predicted molar refractivity (Wildman–Crippen MR) is 93.3 cm³/mol. The third-order valence-electron chi connectivity index (χ3n) is 3.70. The maximum absolute atomic E-state index is 12.8.